The lowest BCUT2D eigenvalue weighted by molar-refractivity contribution is 0.163. The van der Waals surface area contributed by atoms with E-state index >= 15 is 0 Å². The van der Waals surface area contributed by atoms with Crippen LogP contribution in [0.2, 0.25) is 0 Å². The van der Waals surface area contributed by atoms with Crippen LogP contribution in [0, 0.1) is 0 Å². The molecule has 87 valence electrons. The molecule has 1 fully saturated rings. The summed E-state index contributed by atoms with van der Waals surface area (Å²) in [5.41, 5.74) is 0.991. The van der Waals surface area contributed by atoms with Crippen molar-refractivity contribution < 1.29 is 4.74 Å². The van der Waals surface area contributed by atoms with Crippen LogP contribution in [0.4, 0.5) is 0 Å². The summed E-state index contributed by atoms with van der Waals surface area (Å²) >= 11 is 0. The topological polar surface area (TPSA) is 36.2 Å². The first-order chi connectivity index (χ1) is 8.43. The van der Waals surface area contributed by atoms with Crippen molar-refractivity contribution in [2.75, 3.05) is 13.1 Å². The van der Waals surface area contributed by atoms with Gasteiger partial charge in [0.25, 0.3) is 0 Å². The van der Waals surface area contributed by atoms with E-state index < -0.39 is 0 Å². The molecule has 1 aromatic carbocycles. The van der Waals surface area contributed by atoms with E-state index in [1.807, 2.05) is 30.5 Å². The number of aromatic nitrogens is 1. The third-order valence-corrected chi connectivity index (χ3v) is 3.12. The Morgan fingerprint density at radius 2 is 1.88 bits per heavy atom. The molecule has 0 N–H and O–H groups in total. The first-order valence-electron chi connectivity index (χ1n) is 6.07. The fourth-order valence-electron chi connectivity index (χ4n) is 2.20. The average Bonchev–Trinajstić information content (AvgIpc) is 2.40. The second-order valence-electron chi connectivity index (χ2n) is 4.31. The Morgan fingerprint density at radius 1 is 1.06 bits per heavy atom. The van der Waals surface area contributed by atoms with E-state index in [2.05, 4.69) is 16.4 Å². The molecule has 2 aromatic rings. The minimum atomic E-state index is 0.304. The summed E-state index contributed by atoms with van der Waals surface area (Å²) in [6, 6.07) is 10.0. The smallest absolute Gasteiger partial charge is 0.130 e. The van der Waals surface area contributed by atoms with Crippen LogP contribution in [-0.2, 0) is 0 Å². The standard InChI is InChI=1S/C14H15N2O/c1-2-4-13-12(3-1)14(7-10-16-13)17-11-5-8-15-9-6-11/h1-4,7,10-11H,5-6,8-9H2. The summed E-state index contributed by atoms with van der Waals surface area (Å²) in [6.45, 7) is 1.85. The summed E-state index contributed by atoms with van der Waals surface area (Å²) < 4.78 is 6.07. The number of nitrogens with zero attached hydrogens (tertiary/aromatic N) is 2. The highest BCUT2D eigenvalue weighted by molar-refractivity contribution is 5.84. The summed E-state index contributed by atoms with van der Waals surface area (Å²) in [5, 5.41) is 5.43. The summed E-state index contributed by atoms with van der Waals surface area (Å²) in [4.78, 5) is 4.34. The molecule has 17 heavy (non-hydrogen) atoms. The second-order valence-corrected chi connectivity index (χ2v) is 4.31. The molecule has 1 aliphatic heterocycles. The second kappa shape index (κ2) is 4.72. The van der Waals surface area contributed by atoms with Crippen molar-refractivity contribution in [3.63, 3.8) is 0 Å². The van der Waals surface area contributed by atoms with Gasteiger partial charge in [-0.05, 0) is 31.0 Å². The number of hydrogen-bond donors (Lipinski definition) is 0. The van der Waals surface area contributed by atoms with Gasteiger partial charge in [-0.3, -0.25) is 4.98 Å². The van der Waals surface area contributed by atoms with Gasteiger partial charge in [0.05, 0.1) is 5.52 Å². The molecule has 3 heteroatoms. The van der Waals surface area contributed by atoms with Gasteiger partial charge in [0.1, 0.15) is 11.9 Å². The van der Waals surface area contributed by atoms with Crippen LogP contribution in [-0.4, -0.2) is 24.2 Å². The Bertz CT molecular complexity index is 501. The van der Waals surface area contributed by atoms with Gasteiger partial charge < -0.3 is 4.74 Å². The first kappa shape index (κ1) is 10.5. The molecule has 1 radical (unpaired) electrons. The van der Waals surface area contributed by atoms with Crippen molar-refractivity contribution in [3.8, 4) is 5.75 Å². The third-order valence-electron chi connectivity index (χ3n) is 3.12. The fraction of sp³-hybridized carbons (Fsp3) is 0.357. The van der Waals surface area contributed by atoms with E-state index in [9.17, 15) is 0 Å². The molecule has 0 bridgehead atoms. The SMILES string of the molecule is c1ccc2c(OC3CC[N]CC3)ccnc2c1. The quantitative estimate of drug-likeness (QED) is 0.789. The van der Waals surface area contributed by atoms with Crippen LogP contribution in [0.3, 0.4) is 0 Å². The predicted molar refractivity (Wildman–Crippen MR) is 67.3 cm³/mol. The number of rotatable bonds is 2. The van der Waals surface area contributed by atoms with Crippen LogP contribution in [0.25, 0.3) is 10.9 Å². The molecule has 2 heterocycles. The summed E-state index contributed by atoms with van der Waals surface area (Å²) in [6.07, 6.45) is 4.16. The first-order valence-corrected chi connectivity index (χ1v) is 6.07. The Labute approximate surface area is 101 Å². The molecular formula is C14H15N2O. The van der Waals surface area contributed by atoms with Gasteiger partial charge in [0.2, 0.25) is 0 Å². The Balaban J connectivity index is 1.89. The monoisotopic (exact) mass is 227 g/mol. The van der Waals surface area contributed by atoms with E-state index in [0.717, 1.165) is 42.6 Å². The lowest BCUT2D eigenvalue weighted by atomic mass is 10.1. The van der Waals surface area contributed by atoms with Gasteiger partial charge >= 0.3 is 0 Å². The molecule has 0 spiro atoms. The van der Waals surface area contributed by atoms with E-state index in [1.54, 1.807) is 0 Å². The normalized spacial score (nSPS) is 17.2. The number of piperidine rings is 1. The van der Waals surface area contributed by atoms with Gasteiger partial charge in [0, 0.05) is 24.7 Å². The number of fused-ring (bicyclic) bond motifs is 1. The molecule has 0 aliphatic carbocycles. The van der Waals surface area contributed by atoms with Gasteiger partial charge in [0.15, 0.2) is 0 Å². The van der Waals surface area contributed by atoms with Crippen molar-refractivity contribution in [2.45, 2.75) is 18.9 Å². The van der Waals surface area contributed by atoms with Crippen LogP contribution in [0.15, 0.2) is 36.5 Å². The van der Waals surface area contributed by atoms with Crippen LogP contribution in [0.5, 0.6) is 5.75 Å². The zero-order valence-corrected chi connectivity index (χ0v) is 9.67. The molecule has 3 nitrogen and oxygen atoms in total. The van der Waals surface area contributed by atoms with Crippen molar-refractivity contribution in [2.24, 2.45) is 0 Å². The van der Waals surface area contributed by atoms with Crippen molar-refractivity contribution >= 4 is 10.9 Å². The highest BCUT2D eigenvalue weighted by Crippen LogP contribution is 2.25. The molecule has 0 amide bonds. The maximum Gasteiger partial charge on any atom is 0.130 e. The summed E-state index contributed by atoms with van der Waals surface area (Å²) in [5.74, 6) is 0.947. The number of pyridine rings is 1. The Kier molecular flexibility index (Phi) is 2.92. The molecule has 0 unspecified atom stereocenters. The fourth-order valence-corrected chi connectivity index (χ4v) is 2.20. The molecule has 0 atom stereocenters. The highest BCUT2D eigenvalue weighted by Gasteiger charge is 2.16. The third kappa shape index (κ3) is 2.24. The zero-order chi connectivity index (χ0) is 11.5. The molecule has 1 aromatic heterocycles. The molecular weight excluding hydrogens is 212 g/mol. The van der Waals surface area contributed by atoms with E-state index in [-0.39, 0.29) is 0 Å². The minimum Gasteiger partial charge on any atom is -0.490 e. The molecule has 1 aliphatic rings. The van der Waals surface area contributed by atoms with E-state index in [4.69, 9.17) is 4.74 Å². The highest BCUT2D eigenvalue weighted by atomic mass is 16.5. The maximum absolute atomic E-state index is 6.07. The van der Waals surface area contributed by atoms with Gasteiger partial charge in [-0.1, -0.05) is 12.1 Å². The van der Waals surface area contributed by atoms with Crippen LogP contribution in [0.1, 0.15) is 12.8 Å². The minimum absolute atomic E-state index is 0.304. The number of hydrogen-bond acceptors (Lipinski definition) is 2. The number of benzene rings is 1. The maximum atomic E-state index is 6.07. The Morgan fingerprint density at radius 3 is 2.76 bits per heavy atom. The lowest BCUT2D eigenvalue weighted by Gasteiger charge is -2.23. The predicted octanol–water partition coefficient (Wildman–Crippen LogP) is 2.38. The number of para-hydroxylation sites is 1. The van der Waals surface area contributed by atoms with Gasteiger partial charge in [-0.2, -0.15) is 0 Å². The Hall–Kier alpha value is -1.61. The van der Waals surface area contributed by atoms with Crippen molar-refractivity contribution in [3.05, 3.63) is 36.5 Å². The van der Waals surface area contributed by atoms with Crippen molar-refractivity contribution in [1.82, 2.24) is 10.3 Å². The zero-order valence-electron chi connectivity index (χ0n) is 9.67. The van der Waals surface area contributed by atoms with Gasteiger partial charge in [-0.25, -0.2) is 5.32 Å². The number of ether oxygens (including phenoxy) is 1. The van der Waals surface area contributed by atoms with E-state index in [1.165, 1.54) is 0 Å². The van der Waals surface area contributed by atoms with Crippen LogP contribution < -0.4 is 10.1 Å². The average molecular weight is 227 g/mol. The molecule has 0 saturated carbocycles. The van der Waals surface area contributed by atoms with Gasteiger partial charge in [-0.15, -0.1) is 0 Å². The largest absolute Gasteiger partial charge is 0.490 e. The van der Waals surface area contributed by atoms with Crippen LogP contribution >= 0.6 is 0 Å². The van der Waals surface area contributed by atoms with Crippen molar-refractivity contribution in [1.29, 1.82) is 0 Å². The summed E-state index contributed by atoms with van der Waals surface area (Å²) in [7, 11) is 0. The van der Waals surface area contributed by atoms with E-state index in [0.29, 0.717) is 6.10 Å². The lowest BCUT2D eigenvalue weighted by Crippen LogP contribution is -2.30. The molecule has 1 saturated heterocycles. The molecule has 3 rings (SSSR count).